The summed E-state index contributed by atoms with van der Waals surface area (Å²) in [4.78, 5) is 27.9. The van der Waals surface area contributed by atoms with Crippen LogP contribution in [0.2, 0.25) is 0 Å². The van der Waals surface area contributed by atoms with Crippen LogP contribution in [0.5, 0.6) is 0 Å². The fraction of sp³-hybridized carbons (Fsp3) is 0.833. The number of hydrogen-bond donors (Lipinski definition) is 0. The number of fused-ring (bicyclic) bond motifs is 1. The van der Waals surface area contributed by atoms with E-state index in [4.69, 9.17) is 0 Å². The number of piperazine rings is 1. The molecule has 0 radical (unpaired) electrons. The summed E-state index contributed by atoms with van der Waals surface area (Å²) in [6.07, 6.45) is 3.29. The first-order chi connectivity index (χ1) is 8.66. The van der Waals surface area contributed by atoms with Gasteiger partial charge in [0.1, 0.15) is 12.6 Å². The fourth-order valence-electron chi connectivity index (χ4n) is 3.23. The van der Waals surface area contributed by atoms with E-state index < -0.39 is 10.8 Å². The van der Waals surface area contributed by atoms with Crippen molar-refractivity contribution in [2.75, 3.05) is 24.6 Å². The second-order valence-electron chi connectivity index (χ2n) is 5.29. The van der Waals surface area contributed by atoms with E-state index in [-0.39, 0.29) is 30.4 Å². The largest absolute Gasteiger partial charge is 0.329 e. The zero-order valence-corrected chi connectivity index (χ0v) is 11.2. The van der Waals surface area contributed by atoms with Gasteiger partial charge in [0.2, 0.25) is 11.8 Å². The monoisotopic (exact) mass is 270 g/mol. The van der Waals surface area contributed by atoms with Gasteiger partial charge in [0, 0.05) is 34.9 Å². The number of rotatable bonds is 1. The maximum atomic E-state index is 12.4. The molecular weight excluding hydrogens is 252 g/mol. The van der Waals surface area contributed by atoms with Gasteiger partial charge in [0.05, 0.1) is 0 Å². The second kappa shape index (κ2) is 4.64. The van der Waals surface area contributed by atoms with Gasteiger partial charge >= 0.3 is 0 Å². The Bertz CT molecular complexity index is 402. The minimum absolute atomic E-state index is 0.0868. The minimum Gasteiger partial charge on any atom is -0.329 e. The van der Waals surface area contributed by atoms with Crippen LogP contribution in [0.1, 0.15) is 25.7 Å². The van der Waals surface area contributed by atoms with Crippen molar-refractivity contribution >= 4 is 22.6 Å². The van der Waals surface area contributed by atoms with Crippen LogP contribution in [0.4, 0.5) is 0 Å². The van der Waals surface area contributed by atoms with Gasteiger partial charge in [-0.25, -0.2) is 0 Å². The smallest absolute Gasteiger partial charge is 0.246 e. The number of amides is 2. The third-order valence-corrected chi connectivity index (χ3v) is 5.63. The molecule has 0 spiro atoms. The van der Waals surface area contributed by atoms with E-state index in [0.717, 1.165) is 32.2 Å². The fourth-order valence-corrected chi connectivity index (χ4v) is 4.50. The van der Waals surface area contributed by atoms with Crippen molar-refractivity contribution in [3.63, 3.8) is 0 Å². The predicted octanol–water partition coefficient (Wildman–Crippen LogP) is -0.269. The van der Waals surface area contributed by atoms with Gasteiger partial charge in [-0.3, -0.25) is 13.8 Å². The van der Waals surface area contributed by atoms with E-state index >= 15 is 0 Å². The van der Waals surface area contributed by atoms with Crippen LogP contribution >= 0.6 is 0 Å². The summed E-state index contributed by atoms with van der Waals surface area (Å²) in [6.45, 7) is 0.963. The molecular formula is C12H18N2O3S. The number of hydrogen-bond acceptors (Lipinski definition) is 3. The van der Waals surface area contributed by atoms with E-state index in [1.54, 1.807) is 9.80 Å². The standard InChI is InChI=1S/C12H18N2O3S/c15-11-8-14(9-3-6-18(17)7-4-9)12(16)10-2-1-5-13(10)11/h9-10H,1-8H2. The van der Waals surface area contributed by atoms with Gasteiger partial charge in [0.15, 0.2) is 0 Å². The van der Waals surface area contributed by atoms with E-state index in [1.807, 2.05) is 0 Å². The molecule has 3 saturated heterocycles. The third kappa shape index (κ3) is 1.96. The first kappa shape index (κ1) is 12.1. The molecule has 0 aliphatic carbocycles. The average molecular weight is 270 g/mol. The Hall–Kier alpha value is -0.910. The topological polar surface area (TPSA) is 57.7 Å². The van der Waals surface area contributed by atoms with Crippen LogP contribution in [-0.2, 0) is 20.4 Å². The molecule has 3 aliphatic rings. The quantitative estimate of drug-likeness (QED) is 0.659. The Morgan fingerprint density at radius 3 is 2.50 bits per heavy atom. The van der Waals surface area contributed by atoms with Gasteiger partial charge < -0.3 is 9.80 Å². The lowest BCUT2D eigenvalue weighted by Gasteiger charge is -2.41. The normalized spacial score (nSPS) is 37.0. The molecule has 6 heteroatoms. The Morgan fingerprint density at radius 1 is 1.06 bits per heavy atom. The summed E-state index contributed by atoms with van der Waals surface area (Å²) < 4.78 is 11.4. The van der Waals surface area contributed by atoms with Crippen molar-refractivity contribution in [1.29, 1.82) is 0 Å². The van der Waals surface area contributed by atoms with Crippen LogP contribution < -0.4 is 0 Å². The summed E-state index contributed by atoms with van der Waals surface area (Å²) in [5.41, 5.74) is 0. The van der Waals surface area contributed by atoms with Crippen molar-refractivity contribution in [2.24, 2.45) is 0 Å². The molecule has 1 atom stereocenters. The van der Waals surface area contributed by atoms with Gasteiger partial charge in [-0.05, 0) is 25.7 Å². The van der Waals surface area contributed by atoms with Crippen LogP contribution in [0.15, 0.2) is 0 Å². The van der Waals surface area contributed by atoms with Crippen molar-refractivity contribution < 1.29 is 13.8 Å². The molecule has 5 nitrogen and oxygen atoms in total. The molecule has 0 N–H and O–H groups in total. The molecule has 18 heavy (non-hydrogen) atoms. The lowest BCUT2D eigenvalue weighted by atomic mass is 10.0. The van der Waals surface area contributed by atoms with Crippen LogP contribution in [0, 0.1) is 0 Å². The highest BCUT2D eigenvalue weighted by molar-refractivity contribution is 7.85. The zero-order valence-electron chi connectivity index (χ0n) is 10.3. The van der Waals surface area contributed by atoms with Gasteiger partial charge in [-0.1, -0.05) is 0 Å². The maximum absolute atomic E-state index is 12.4. The first-order valence-electron chi connectivity index (χ1n) is 6.62. The lowest BCUT2D eigenvalue weighted by Crippen LogP contribution is -2.60. The number of nitrogens with zero attached hydrogens (tertiary/aromatic N) is 2. The molecule has 1 unspecified atom stereocenters. The van der Waals surface area contributed by atoms with Crippen LogP contribution in [0.25, 0.3) is 0 Å². The van der Waals surface area contributed by atoms with Crippen molar-refractivity contribution in [3.8, 4) is 0 Å². The van der Waals surface area contributed by atoms with E-state index in [2.05, 4.69) is 0 Å². The van der Waals surface area contributed by atoms with E-state index in [0.29, 0.717) is 11.5 Å². The average Bonchev–Trinajstić information content (AvgIpc) is 2.85. The Kier molecular flexibility index (Phi) is 3.13. The zero-order chi connectivity index (χ0) is 12.7. The number of carbonyl (C=O) groups is 2. The predicted molar refractivity (Wildman–Crippen MR) is 67.3 cm³/mol. The molecule has 0 aromatic heterocycles. The second-order valence-corrected chi connectivity index (χ2v) is 6.99. The summed E-state index contributed by atoms with van der Waals surface area (Å²) in [5.74, 6) is 1.53. The summed E-state index contributed by atoms with van der Waals surface area (Å²) in [5, 5.41) is 0. The third-order valence-electron chi connectivity index (χ3n) is 4.25. The summed E-state index contributed by atoms with van der Waals surface area (Å²) >= 11 is 0. The van der Waals surface area contributed by atoms with Crippen molar-refractivity contribution in [1.82, 2.24) is 9.80 Å². The van der Waals surface area contributed by atoms with Crippen molar-refractivity contribution in [3.05, 3.63) is 0 Å². The summed E-state index contributed by atoms with van der Waals surface area (Å²) in [7, 11) is -0.724. The molecule has 0 aromatic rings. The SMILES string of the molecule is O=C1C2CCCN2C(=O)CN1C1CCS(=O)CC1. The molecule has 0 aromatic carbocycles. The van der Waals surface area contributed by atoms with E-state index in [9.17, 15) is 13.8 Å². The van der Waals surface area contributed by atoms with Crippen LogP contribution in [0.3, 0.4) is 0 Å². The van der Waals surface area contributed by atoms with Gasteiger partial charge in [-0.2, -0.15) is 0 Å². The molecule has 0 saturated carbocycles. The Balaban J connectivity index is 1.74. The molecule has 3 fully saturated rings. The minimum atomic E-state index is -0.724. The number of carbonyl (C=O) groups excluding carboxylic acids is 2. The lowest BCUT2D eigenvalue weighted by molar-refractivity contribution is -0.156. The van der Waals surface area contributed by atoms with E-state index in [1.165, 1.54) is 0 Å². The molecule has 0 bridgehead atoms. The molecule has 3 aliphatic heterocycles. The summed E-state index contributed by atoms with van der Waals surface area (Å²) in [6, 6.07) is -0.0828. The highest BCUT2D eigenvalue weighted by Gasteiger charge is 2.44. The molecule has 3 rings (SSSR count). The maximum Gasteiger partial charge on any atom is 0.246 e. The Morgan fingerprint density at radius 2 is 1.78 bits per heavy atom. The van der Waals surface area contributed by atoms with Crippen molar-refractivity contribution in [2.45, 2.75) is 37.8 Å². The Labute approximate surface area is 109 Å². The highest BCUT2D eigenvalue weighted by Crippen LogP contribution is 2.27. The van der Waals surface area contributed by atoms with Crippen LogP contribution in [-0.4, -0.2) is 62.5 Å². The molecule has 2 amide bonds. The van der Waals surface area contributed by atoms with Gasteiger partial charge in [0.25, 0.3) is 0 Å². The molecule has 3 heterocycles. The molecule has 100 valence electrons. The highest BCUT2D eigenvalue weighted by atomic mass is 32.2. The first-order valence-corrected chi connectivity index (χ1v) is 8.10. The van der Waals surface area contributed by atoms with Gasteiger partial charge in [-0.15, -0.1) is 0 Å².